The van der Waals surface area contributed by atoms with Gasteiger partial charge in [-0.05, 0) is 23.8 Å². The minimum atomic E-state index is -4.37. The number of thioether (sulfide) groups is 1. The van der Waals surface area contributed by atoms with Crippen molar-refractivity contribution in [3.8, 4) is 11.4 Å². The number of halogens is 3. The molecular formula is C23H15F3N4S. The molecule has 31 heavy (non-hydrogen) atoms. The Morgan fingerprint density at radius 3 is 2.42 bits per heavy atom. The summed E-state index contributed by atoms with van der Waals surface area (Å²) >= 11 is 1.33. The third-order valence-corrected chi connectivity index (χ3v) is 5.80. The van der Waals surface area contributed by atoms with Gasteiger partial charge in [-0.15, -0.1) is 5.10 Å². The normalized spacial score (nSPS) is 12.0. The van der Waals surface area contributed by atoms with E-state index in [1.54, 1.807) is 10.6 Å². The smallest absolute Gasteiger partial charge is 0.222 e. The molecule has 0 saturated heterocycles. The molecule has 2 heterocycles. The van der Waals surface area contributed by atoms with Gasteiger partial charge in [-0.25, -0.2) is 9.97 Å². The van der Waals surface area contributed by atoms with E-state index in [0.29, 0.717) is 27.9 Å². The number of alkyl halides is 3. The second kappa shape index (κ2) is 7.70. The van der Waals surface area contributed by atoms with Crippen LogP contribution in [0.25, 0.3) is 27.9 Å². The van der Waals surface area contributed by atoms with Crippen LogP contribution in [0.1, 0.15) is 11.1 Å². The largest absolute Gasteiger partial charge is 0.416 e. The maximum absolute atomic E-state index is 13.0. The van der Waals surface area contributed by atoms with Crippen molar-refractivity contribution >= 4 is 28.3 Å². The molecule has 5 rings (SSSR count). The lowest BCUT2D eigenvalue weighted by atomic mass is 10.1. The zero-order chi connectivity index (χ0) is 21.4. The molecule has 8 heteroatoms. The molecule has 5 aromatic rings. The van der Waals surface area contributed by atoms with Crippen LogP contribution < -0.4 is 0 Å². The lowest BCUT2D eigenvalue weighted by molar-refractivity contribution is -0.137. The van der Waals surface area contributed by atoms with Crippen LogP contribution >= 0.6 is 11.8 Å². The van der Waals surface area contributed by atoms with Crippen LogP contribution in [0, 0.1) is 0 Å². The molecule has 0 radical (unpaired) electrons. The Balaban J connectivity index is 1.57. The number of hydrogen-bond acceptors (Lipinski definition) is 4. The van der Waals surface area contributed by atoms with E-state index in [1.807, 2.05) is 54.6 Å². The summed E-state index contributed by atoms with van der Waals surface area (Å²) in [6.45, 7) is 0. The molecule has 0 fully saturated rings. The molecule has 0 unspecified atom stereocenters. The first-order chi connectivity index (χ1) is 15.0. The molecule has 4 nitrogen and oxygen atoms in total. The number of benzene rings is 3. The molecule has 0 saturated carbocycles. The average Bonchev–Trinajstić information content (AvgIpc) is 3.24. The van der Waals surface area contributed by atoms with E-state index in [4.69, 9.17) is 9.97 Å². The summed E-state index contributed by atoms with van der Waals surface area (Å²) in [5, 5.41) is 6.08. The van der Waals surface area contributed by atoms with Crippen LogP contribution in [0.3, 0.4) is 0 Å². The summed E-state index contributed by atoms with van der Waals surface area (Å²) < 4.78 is 40.8. The summed E-state index contributed by atoms with van der Waals surface area (Å²) in [5.41, 5.74) is 2.20. The van der Waals surface area contributed by atoms with Crippen molar-refractivity contribution in [2.75, 3.05) is 0 Å². The first-order valence-electron chi connectivity index (χ1n) is 9.49. The zero-order valence-electron chi connectivity index (χ0n) is 16.0. The monoisotopic (exact) mass is 436 g/mol. The van der Waals surface area contributed by atoms with Crippen molar-refractivity contribution in [1.29, 1.82) is 0 Å². The predicted molar refractivity (Wildman–Crippen MR) is 115 cm³/mol. The predicted octanol–water partition coefficient (Wildman–Crippen LogP) is 6.26. The van der Waals surface area contributed by atoms with Crippen LogP contribution in [0.4, 0.5) is 13.2 Å². The molecular weight excluding hydrogens is 421 g/mol. The van der Waals surface area contributed by atoms with Crippen molar-refractivity contribution in [3.05, 3.63) is 90.0 Å². The standard InChI is InChI=1S/C23H15F3N4S/c24-23(25,26)17-10-6-7-15(13-17)14-31-22-27-19-12-5-4-11-18(19)21-28-20(29-30(21)22)16-8-2-1-3-9-16/h1-13H,14H2. The lowest BCUT2D eigenvalue weighted by Gasteiger charge is -2.09. The Bertz CT molecular complexity index is 1380. The highest BCUT2D eigenvalue weighted by atomic mass is 32.2. The van der Waals surface area contributed by atoms with Crippen LogP contribution in [-0.4, -0.2) is 19.6 Å². The van der Waals surface area contributed by atoms with Crippen LogP contribution in [0.5, 0.6) is 0 Å². The van der Waals surface area contributed by atoms with Crippen molar-refractivity contribution in [1.82, 2.24) is 19.6 Å². The Kier molecular flexibility index (Phi) is 4.86. The Labute approximate surface area is 179 Å². The number of rotatable bonds is 4. The van der Waals surface area contributed by atoms with E-state index < -0.39 is 11.7 Å². The van der Waals surface area contributed by atoms with Crippen LogP contribution in [0.15, 0.2) is 84.0 Å². The lowest BCUT2D eigenvalue weighted by Crippen LogP contribution is -2.05. The number of nitrogens with zero attached hydrogens (tertiary/aromatic N) is 4. The average molecular weight is 436 g/mol. The molecule has 0 atom stereocenters. The van der Waals surface area contributed by atoms with Crippen molar-refractivity contribution in [2.45, 2.75) is 17.1 Å². The number of hydrogen-bond donors (Lipinski definition) is 0. The summed E-state index contributed by atoms with van der Waals surface area (Å²) in [4.78, 5) is 9.42. The Hall–Kier alpha value is -3.39. The van der Waals surface area contributed by atoms with Crippen LogP contribution in [0.2, 0.25) is 0 Å². The van der Waals surface area contributed by atoms with Gasteiger partial charge >= 0.3 is 6.18 Å². The van der Waals surface area contributed by atoms with Gasteiger partial charge in [0, 0.05) is 16.7 Å². The molecule has 2 aromatic heterocycles. The summed E-state index contributed by atoms with van der Waals surface area (Å²) in [6, 6.07) is 22.6. The Morgan fingerprint density at radius 1 is 0.839 bits per heavy atom. The molecule has 0 aliphatic heterocycles. The van der Waals surface area contributed by atoms with Gasteiger partial charge in [-0.3, -0.25) is 0 Å². The van der Waals surface area contributed by atoms with E-state index in [2.05, 4.69) is 5.10 Å². The SMILES string of the molecule is FC(F)(F)c1cccc(CSc2nc3ccccc3c3nc(-c4ccccc4)nn23)c1. The molecule has 3 aromatic carbocycles. The van der Waals surface area contributed by atoms with Crippen molar-refractivity contribution < 1.29 is 13.2 Å². The molecule has 0 aliphatic carbocycles. The van der Waals surface area contributed by atoms with Gasteiger partial charge in [-0.2, -0.15) is 17.7 Å². The van der Waals surface area contributed by atoms with Gasteiger partial charge < -0.3 is 0 Å². The fourth-order valence-electron chi connectivity index (χ4n) is 3.32. The van der Waals surface area contributed by atoms with E-state index in [1.165, 1.54) is 23.9 Å². The molecule has 0 spiro atoms. The highest BCUT2D eigenvalue weighted by Crippen LogP contribution is 2.32. The van der Waals surface area contributed by atoms with Crippen LogP contribution in [-0.2, 0) is 11.9 Å². The number of fused-ring (bicyclic) bond motifs is 3. The second-order valence-electron chi connectivity index (χ2n) is 6.94. The highest BCUT2D eigenvalue weighted by molar-refractivity contribution is 7.98. The Morgan fingerprint density at radius 2 is 1.61 bits per heavy atom. The minimum absolute atomic E-state index is 0.324. The van der Waals surface area contributed by atoms with Gasteiger partial charge in [0.2, 0.25) is 0 Å². The summed E-state index contributed by atoms with van der Waals surface area (Å²) in [5.74, 6) is 0.893. The first kappa shape index (κ1) is 19.6. The van der Waals surface area contributed by atoms with Crippen molar-refractivity contribution in [2.24, 2.45) is 0 Å². The van der Waals surface area contributed by atoms with Gasteiger partial charge in [0.15, 0.2) is 16.6 Å². The maximum Gasteiger partial charge on any atom is 0.416 e. The van der Waals surface area contributed by atoms with E-state index in [0.717, 1.165) is 22.5 Å². The topological polar surface area (TPSA) is 43.1 Å². The van der Waals surface area contributed by atoms with E-state index in [9.17, 15) is 13.2 Å². The van der Waals surface area contributed by atoms with E-state index >= 15 is 0 Å². The maximum atomic E-state index is 13.0. The number of aromatic nitrogens is 4. The molecule has 0 bridgehead atoms. The molecule has 154 valence electrons. The van der Waals surface area contributed by atoms with Gasteiger partial charge in [0.05, 0.1) is 11.1 Å². The second-order valence-corrected chi connectivity index (χ2v) is 7.88. The van der Waals surface area contributed by atoms with Gasteiger partial charge in [-0.1, -0.05) is 72.4 Å². The summed E-state index contributed by atoms with van der Waals surface area (Å²) in [6.07, 6.45) is -4.37. The third-order valence-electron chi connectivity index (χ3n) is 4.80. The minimum Gasteiger partial charge on any atom is -0.222 e. The van der Waals surface area contributed by atoms with Gasteiger partial charge in [0.25, 0.3) is 0 Å². The number of para-hydroxylation sites is 1. The molecule has 0 N–H and O–H groups in total. The van der Waals surface area contributed by atoms with E-state index in [-0.39, 0.29) is 0 Å². The zero-order valence-corrected chi connectivity index (χ0v) is 16.9. The third kappa shape index (κ3) is 3.86. The van der Waals surface area contributed by atoms with Crippen molar-refractivity contribution in [3.63, 3.8) is 0 Å². The summed E-state index contributed by atoms with van der Waals surface area (Å²) in [7, 11) is 0. The molecule has 0 amide bonds. The van der Waals surface area contributed by atoms with Gasteiger partial charge in [0.1, 0.15) is 0 Å². The first-order valence-corrected chi connectivity index (χ1v) is 10.5. The fraction of sp³-hybridized carbons (Fsp3) is 0.0870. The quantitative estimate of drug-likeness (QED) is 0.247. The molecule has 0 aliphatic rings. The highest BCUT2D eigenvalue weighted by Gasteiger charge is 2.30. The fourth-order valence-corrected chi connectivity index (χ4v) is 4.21.